The lowest BCUT2D eigenvalue weighted by Crippen LogP contribution is -2.32. The highest BCUT2D eigenvalue weighted by Crippen LogP contribution is 2.28. The van der Waals surface area contributed by atoms with E-state index in [4.69, 9.17) is 4.98 Å². The highest BCUT2D eigenvalue weighted by molar-refractivity contribution is 7.18. The van der Waals surface area contributed by atoms with Gasteiger partial charge in [-0.2, -0.15) is 0 Å². The number of carbonyl (C=O) groups excluding carboxylic acids is 1. The van der Waals surface area contributed by atoms with Crippen molar-refractivity contribution in [1.82, 2.24) is 9.88 Å². The topological polar surface area (TPSA) is 45.2 Å². The summed E-state index contributed by atoms with van der Waals surface area (Å²) in [4.78, 5) is 19.1. The van der Waals surface area contributed by atoms with Gasteiger partial charge in [0.15, 0.2) is 0 Å². The number of aromatic nitrogens is 1. The molecule has 3 rings (SSSR count). The van der Waals surface area contributed by atoms with Gasteiger partial charge in [-0.3, -0.25) is 9.69 Å². The van der Waals surface area contributed by atoms with Crippen molar-refractivity contribution in [2.75, 3.05) is 18.9 Å². The smallest absolute Gasteiger partial charge is 0.238 e. The third-order valence-electron chi connectivity index (χ3n) is 4.60. The molecule has 1 heterocycles. The lowest BCUT2D eigenvalue weighted by molar-refractivity contribution is -0.117. The van der Waals surface area contributed by atoms with Crippen LogP contribution in [0.25, 0.3) is 10.2 Å². The fourth-order valence-corrected chi connectivity index (χ4v) is 3.78. The summed E-state index contributed by atoms with van der Waals surface area (Å²) in [5.41, 5.74) is 4.18. The Morgan fingerprint density at radius 2 is 1.96 bits per heavy atom. The van der Waals surface area contributed by atoms with E-state index in [1.807, 2.05) is 62.2 Å². The van der Waals surface area contributed by atoms with Crippen molar-refractivity contribution in [3.8, 4) is 0 Å². The maximum absolute atomic E-state index is 12.4. The predicted octanol–water partition coefficient (Wildman–Crippen LogP) is 4.54. The number of rotatable bonds is 5. The van der Waals surface area contributed by atoms with Crippen molar-refractivity contribution in [3.05, 3.63) is 58.6 Å². The third-order valence-corrected chi connectivity index (χ3v) is 5.81. The number of thiazole rings is 1. The van der Waals surface area contributed by atoms with Crippen molar-refractivity contribution in [3.63, 3.8) is 0 Å². The number of likely N-dealkylation sites (N-methyl/N-ethyl adjacent to an activating group) is 1. The number of para-hydroxylation sites is 1. The molecule has 1 N–H and O–H groups in total. The van der Waals surface area contributed by atoms with Crippen LogP contribution in [0.3, 0.4) is 0 Å². The molecule has 0 spiro atoms. The van der Waals surface area contributed by atoms with Gasteiger partial charge in [0.05, 0.1) is 22.8 Å². The van der Waals surface area contributed by atoms with E-state index >= 15 is 0 Å². The summed E-state index contributed by atoms with van der Waals surface area (Å²) in [5.74, 6) is -0.0100. The number of carbonyl (C=O) groups is 1. The quantitative estimate of drug-likeness (QED) is 0.732. The van der Waals surface area contributed by atoms with Crippen molar-refractivity contribution >= 4 is 33.1 Å². The molecule has 0 unspecified atom stereocenters. The zero-order valence-electron chi connectivity index (χ0n) is 15.0. The van der Waals surface area contributed by atoms with E-state index in [-0.39, 0.29) is 11.9 Å². The van der Waals surface area contributed by atoms with Crippen LogP contribution < -0.4 is 5.32 Å². The van der Waals surface area contributed by atoms with Crippen LogP contribution in [0.15, 0.2) is 42.5 Å². The Morgan fingerprint density at radius 1 is 1.20 bits per heavy atom. The van der Waals surface area contributed by atoms with Gasteiger partial charge in [0.2, 0.25) is 5.91 Å². The van der Waals surface area contributed by atoms with Crippen LogP contribution in [0.1, 0.15) is 29.1 Å². The molecule has 0 saturated heterocycles. The Hall–Kier alpha value is -2.24. The van der Waals surface area contributed by atoms with Gasteiger partial charge >= 0.3 is 0 Å². The normalized spacial score (nSPS) is 12.5. The molecule has 1 aromatic heterocycles. The second-order valence-electron chi connectivity index (χ2n) is 6.41. The van der Waals surface area contributed by atoms with E-state index in [1.165, 1.54) is 10.3 Å². The first-order valence-corrected chi connectivity index (χ1v) is 9.19. The molecule has 0 aliphatic rings. The monoisotopic (exact) mass is 353 g/mol. The molecular weight excluding hydrogens is 330 g/mol. The Kier molecular flexibility index (Phi) is 5.16. The number of anilines is 1. The summed E-state index contributed by atoms with van der Waals surface area (Å²) < 4.78 is 1.18. The van der Waals surface area contributed by atoms with Gasteiger partial charge in [0, 0.05) is 5.69 Å². The Labute approximate surface area is 152 Å². The minimum absolute atomic E-state index is 0.0100. The van der Waals surface area contributed by atoms with Gasteiger partial charge in [-0.1, -0.05) is 24.3 Å². The molecule has 5 heteroatoms. The summed E-state index contributed by atoms with van der Waals surface area (Å²) in [6.45, 7) is 6.48. The summed E-state index contributed by atoms with van der Waals surface area (Å²) in [5, 5.41) is 4.05. The molecule has 25 heavy (non-hydrogen) atoms. The molecule has 0 bridgehead atoms. The summed E-state index contributed by atoms with van der Waals surface area (Å²) >= 11 is 1.68. The van der Waals surface area contributed by atoms with Crippen LogP contribution in [0, 0.1) is 13.8 Å². The van der Waals surface area contributed by atoms with Crippen molar-refractivity contribution < 1.29 is 4.79 Å². The second kappa shape index (κ2) is 7.33. The van der Waals surface area contributed by atoms with Gasteiger partial charge in [-0.25, -0.2) is 4.98 Å². The van der Waals surface area contributed by atoms with E-state index in [2.05, 4.69) is 18.3 Å². The number of nitrogens with zero attached hydrogens (tertiary/aromatic N) is 2. The van der Waals surface area contributed by atoms with Crippen LogP contribution in [-0.2, 0) is 4.79 Å². The number of amides is 1. The van der Waals surface area contributed by atoms with Crippen LogP contribution >= 0.6 is 11.3 Å². The Balaban J connectivity index is 1.67. The van der Waals surface area contributed by atoms with Crippen LogP contribution in [0.2, 0.25) is 0 Å². The minimum atomic E-state index is -0.0100. The molecule has 1 amide bonds. The molecule has 0 radical (unpaired) electrons. The van der Waals surface area contributed by atoms with E-state index in [9.17, 15) is 4.79 Å². The minimum Gasteiger partial charge on any atom is -0.325 e. The molecule has 0 saturated carbocycles. The van der Waals surface area contributed by atoms with E-state index in [0.29, 0.717) is 6.54 Å². The van der Waals surface area contributed by atoms with Crippen LogP contribution in [0.5, 0.6) is 0 Å². The summed E-state index contributed by atoms with van der Waals surface area (Å²) in [6.07, 6.45) is 0. The molecule has 1 atom stereocenters. The second-order valence-corrected chi connectivity index (χ2v) is 7.47. The molecule has 4 nitrogen and oxygen atoms in total. The van der Waals surface area contributed by atoms with Gasteiger partial charge in [0.25, 0.3) is 0 Å². The van der Waals surface area contributed by atoms with Crippen LogP contribution in [-0.4, -0.2) is 29.4 Å². The van der Waals surface area contributed by atoms with E-state index in [0.717, 1.165) is 21.8 Å². The number of benzene rings is 2. The number of nitrogens with one attached hydrogen (secondary N) is 1. The maximum Gasteiger partial charge on any atom is 0.238 e. The maximum atomic E-state index is 12.4. The molecule has 3 aromatic rings. The highest BCUT2D eigenvalue weighted by atomic mass is 32.1. The van der Waals surface area contributed by atoms with Gasteiger partial charge < -0.3 is 5.32 Å². The lowest BCUT2D eigenvalue weighted by Gasteiger charge is -2.22. The van der Waals surface area contributed by atoms with Gasteiger partial charge in [-0.05, 0) is 57.1 Å². The molecule has 0 aliphatic heterocycles. The average Bonchev–Trinajstić information content (AvgIpc) is 3.02. The number of hydrogen-bond donors (Lipinski definition) is 1. The Morgan fingerprint density at radius 3 is 2.72 bits per heavy atom. The predicted molar refractivity (Wildman–Crippen MR) is 105 cm³/mol. The molecule has 0 aliphatic carbocycles. The van der Waals surface area contributed by atoms with Crippen LogP contribution in [0.4, 0.5) is 5.69 Å². The number of aryl methyl sites for hydroxylation is 1. The summed E-state index contributed by atoms with van der Waals surface area (Å²) in [6, 6.07) is 14.2. The van der Waals surface area contributed by atoms with E-state index < -0.39 is 0 Å². The van der Waals surface area contributed by atoms with Crippen molar-refractivity contribution in [2.45, 2.75) is 26.8 Å². The largest absolute Gasteiger partial charge is 0.325 e. The first-order valence-electron chi connectivity index (χ1n) is 8.37. The SMILES string of the molecule is Cc1cccc(NC(=O)CN(C)[C@H](C)c2nc3ccccc3s2)c1C. The number of fused-ring (bicyclic) bond motifs is 1. The zero-order chi connectivity index (χ0) is 18.0. The standard InChI is InChI=1S/C20H23N3OS/c1-13-8-7-10-16(14(13)2)21-19(24)12-23(4)15(3)20-22-17-9-5-6-11-18(17)25-20/h5-11,15H,12H2,1-4H3,(H,21,24)/t15-/m1/s1. The molecule has 2 aromatic carbocycles. The molecule has 0 fully saturated rings. The van der Waals surface area contributed by atoms with Crippen molar-refractivity contribution in [2.24, 2.45) is 0 Å². The van der Waals surface area contributed by atoms with Gasteiger partial charge in [0.1, 0.15) is 5.01 Å². The first kappa shape index (κ1) is 17.6. The number of hydrogen-bond acceptors (Lipinski definition) is 4. The first-order chi connectivity index (χ1) is 12.0. The van der Waals surface area contributed by atoms with Gasteiger partial charge in [-0.15, -0.1) is 11.3 Å². The van der Waals surface area contributed by atoms with E-state index in [1.54, 1.807) is 11.3 Å². The average molecular weight is 353 g/mol. The van der Waals surface area contributed by atoms with Crippen molar-refractivity contribution in [1.29, 1.82) is 0 Å². The Bertz CT molecular complexity index is 870. The third kappa shape index (κ3) is 3.89. The highest BCUT2D eigenvalue weighted by Gasteiger charge is 2.18. The summed E-state index contributed by atoms with van der Waals surface area (Å²) in [7, 11) is 1.96. The molecular formula is C20H23N3OS. The molecule has 130 valence electrons. The fraction of sp³-hybridized carbons (Fsp3) is 0.300. The fourth-order valence-electron chi connectivity index (χ4n) is 2.70. The zero-order valence-corrected chi connectivity index (χ0v) is 15.9. The lowest BCUT2D eigenvalue weighted by atomic mass is 10.1.